The summed E-state index contributed by atoms with van der Waals surface area (Å²) in [4.78, 5) is 24.3. The van der Waals surface area contributed by atoms with Crippen LogP contribution in [-0.2, 0) is 11.2 Å². The molecule has 4 rings (SSSR count). The molecule has 3 aromatic rings. The molecule has 1 fully saturated rings. The maximum absolute atomic E-state index is 11.4. The summed E-state index contributed by atoms with van der Waals surface area (Å²) < 4.78 is 5.76. The second kappa shape index (κ2) is 10.0. The summed E-state index contributed by atoms with van der Waals surface area (Å²) >= 11 is 1.48. The highest BCUT2D eigenvalue weighted by Crippen LogP contribution is 2.38. The van der Waals surface area contributed by atoms with Gasteiger partial charge in [0, 0.05) is 36.2 Å². The molecule has 1 aliphatic rings. The van der Waals surface area contributed by atoms with E-state index in [0.29, 0.717) is 29.0 Å². The SMILES string of the molecule is COc1c(Nc2cc(C)[nH]n2)nc(Sc2ccc(CC(C)=O)cc2)nc1N1CCCCC1. The quantitative estimate of drug-likeness (QED) is 0.481. The number of methoxy groups -OCH3 is 1. The molecule has 0 unspecified atom stereocenters. The van der Waals surface area contributed by atoms with Gasteiger partial charge in [-0.15, -0.1) is 0 Å². The van der Waals surface area contributed by atoms with E-state index in [1.165, 1.54) is 18.2 Å². The second-order valence-electron chi connectivity index (χ2n) is 7.95. The van der Waals surface area contributed by atoms with Crippen molar-refractivity contribution in [2.24, 2.45) is 0 Å². The average Bonchev–Trinajstić information content (AvgIpc) is 3.19. The van der Waals surface area contributed by atoms with Crippen molar-refractivity contribution in [3.8, 4) is 5.75 Å². The number of aryl methyl sites for hydroxylation is 1. The van der Waals surface area contributed by atoms with Gasteiger partial charge in [-0.25, -0.2) is 9.97 Å². The van der Waals surface area contributed by atoms with Crippen LogP contribution in [0.25, 0.3) is 0 Å². The van der Waals surface area contributed by atoms with Crippen molar-refractivity contribution < 1.29 is 9.53 Å². The molecule has 1 aromatic carbocycles. The van der Waals surface area contributed by atoms with Crippen molar-refractivity contribution in [3.63, 3.8) is 0 Å². The molecule has 168 valence electrons. The molecule has 1 aliphatic heterocycles. The third-order valence-electron chi connectivity index (χ3n) is 5.22. The number of H-pyrrole nitrogens is 1. The van der Waals surface area contributed by atoms with Crippen LogP contribution in [0.3, 0.4) is 0 Å². The first kappa shape index (κ1) is 22.1. The number of rotatable bonds is 8. The standard InChI is InChI=1S/C23H28N6O2S/c1-15-13-19(28-27-15)24-21-20(31-3)22(29-11-5-4-6-12-29)26-23(25-21)32-18-9-7-17(8-10-18)14-16(2)30/h7-10,13H,4-6,11-12,14H2,1-3H3,(H2,24,25,26,27,28). The van der Waals surface area contributed by atoms with Gasteiger partial charge in [0.2, 0.25) is 5.75 Å². The zero-order chi connectivity index (χ0) is 22.5. The van der Waals surface area contributed by atoms with Crippen LogP contribution in [0.4, 0.5) is 17.5 Å². The van der Waals surface area contributed by atoms with E-state index in [2.05, 4.69) is 20.4 Å². The molecular weight excluding hydrogens is 424 g/mol. The molecule has 0 aliphatic carbocycles. The van der Waals surface area contributed by atoms with Gasteiger partial charge in [-0.2, -0.15) is 5.10 Å². The van der Waals surface area contributed by atoms with Gasteiger partial charge >= 0.3 is 0 Å². The summed E-state index contributed by atoms with van der Waals surface area (Å²) in [5.74, 6) is 2.83. The highest BCUT2D eigenvalue weighted by atomic mass is 32.2. The highest BCUT2D eigenvalue weighted by Gasteiger charge is 2.23. The van der Waals surface area contributed by atoms with E-state index in [4.69, 9.17) is 14.7 Å². The van der Waals surface area contributed by atoms with Crippen LogP contribution in [0.2, 0.25) is 0 Å². The van der Waals surface area contributed by atoms with Gasteiger partial charge in [0.1, 0.15) is 5.78 Å². The molecule has 0 amide bonds. The molecule has 3 heterocycles. The third-order valence-corrected chi connectivity index (χ3v) is 6.10. The first-order chi connectivity index (χ1) is 15.5. The maximum Gasteiger partial charge on any atom is 0.204 e. The van der Waals surface area contributed by atoms with Gasteiger partial charge in [-0.05, 0) is 62.6 Å². The number of ketones is 1. The number of Topliss-reactive ketones (excluding diaryl/α,β-unsaturated/α-hetero) is 1. The summed E-state index contributed by atoms with van der Waals surface area (Å²) in [6.07, 6.45) is 3.94. The van der Waals surface area contributed by atoms with Gasteiger partial charge in [0.05, 0.1) is 7.11 Å². The van der Waals surface area contributed by atoms with E-state index in [1.807, 2.05) is 37.3 Å². The first-order valence-corrected chi connectivity index (χ1v) is 11.6. The van der Waals surface area contributed by atoms with Gasteiger partial charge < -0.3 is 15.0 Å². The number of benzene rings is 1. The Morgan fingerprint density at radius 3 is 2.56 bits per heavy atom. The van der Waals surface area contributed by atoms with E-state index in [-0.39, 0.29) is 5.78 Å². The Bertz CT molecular complexity index is 1080. The summed E-state index contributed by atoms with van der Waals surface area (Å²) in [5, 5.41) is 11.1. The number of hydrogen-bond donors (Lipinski definition) is 2. The Labute approximate surface area is 192 Å². The zero-order valence-electron chi connectivity index (χ0n) is 18.6. The zero-order valence-corrected chi connectivity index (χ0v) is 19.5. The van der Waals surface area contributed by atoms with E-state index < -0.39 is 0 Å². The predicted octanol–water partition coefficient (Wildman–Crippen LogP) is 4.53. The van der Waals surface area contributed by atoms with Crippen molar-refractivity contribution in [2.75, 3.05) is 30.4 Å². The summed E-state index contributed by atoms with van der Waals surface area (Å²) in [6.45, 7) is 5.44. The minimum absolute atomic E-state index is 0.152. The summed E-state index contributed by atoms with van der Waals surface area (Å²) in [6, 6.07) is 9.88. The van der Waals surface area contributed by atoms with E-state index >= 15 is 0 Å². The van der Waals surface area contributed by atoms with Crippen LogP contribution >= 0.6 is 11.8 Å². The molecule has 0 atom stereocenters. The Hall–Kier alpha value is -3.07. The van der Waals surface area contributed by atoms with Crippen molar-refractivity contribution >= 4 is 35.0 Å². The minimum atomic E-state index is 0.152. The number of aromatic nitrogens is 4. The van der Waals surface area contributed by atoms with Crippen molar-refractivity contribution in [3.05, 3.63) is 41.6 Å². The van der Waals surface area contributed by atoms with Gasteiger partial charge in [-0.3, -0.25) is 9.89 Å². The number of carbonyl (C=O) groups excluding carboxylic acids is 1. The number of aromatic amines is 1. The number of carbonyl (C=O) groups is 1. The first-order valence-electron chi connectivity index (χ1n) is 10.8. The number of hydrogen-bond acceptors (Lipinski definition) is 8. The lowest BCUT2D eigenvalue weighted by Gasteiger charge is -2.29. The Morgan fingerprint density at radius 2 is 1.94 bits per heavy atom. The highest BCUT2D eigenvalue weighted by molar-refractivity contribution is 7.99. The van der Waals surface area contributed by atoms with E-state index in [0.717, 1.165) is 47.9 Å². The van der Waals surface area contributed by atoms with E-state index in [1.54, 1.807) is 14.0 Å². The van der Waals surface area contributed by atoms with Gasteiger partial charge in [0.25, 0.3) is 0 Å². The smallest absolute Gasteiger partial charge is 0.204 e. The lowest BCUT2D eigenvalue weighted by atomic mass is 10.1. The molecule has 1 saturated heterocycles. The fourth-order valence-corrected chi connectivity index (χ4v) is 4.48. The molecule has 0 saturated carbocycles. The Morgan fingerprint density at radius 1 is 1.19 bits per heavy atom. The minimum Gasteiger partial charge on any atom is -0.490 e. The molecule has 9 heteroatoms. The summed E-state index contributed by atoms with van der Waals surface area (Å²) in [5.41, 5.74) is 1.96. The largest absolute Gasteiger partial charge is 0.490 e. The van der Waals surface area contributed by atoms with Crippen LogP contribution in [0, 0.1) is 6.92 Å². The lowest BCUT2D eigenvalue weighted by Crippen LogP contribution is -2.31. The van der Waals surface area contributed by atoms with Crippen LogP contribution in [-0.4, -0.2) is 46.1 Å². The fraction of sp³-hybridized carbons (Fsp3) is 0.391. The number of ether oxygens (including phenoxy) is 1. The Balaban J connectivity index is 1.67. The van der Waals surface area contributed by atoms with Crippen LogP contribution in [0.1, 0.15) is 37.4 Å². The molecular formula is C23H28N6O2S. The van der Waals surface area contributed by atoms with Gasteiger partial charge in [-0.1, -0.05) is 12.1 Å². The topological polar surface area (TPSA) is 96.0 Å². The predicted molar refractivity (Wildman–Crippen MR) is 126 cm³/mol. The Kier molecular flexibility index (Phi) is 6.94. The van der Waals surface area contributed by atoms with Crippen LogP contribution in [0.5, 0.6) is 5.75 Å². The average molecular weight is 453 g/mol. The lowest BCUT2D eigenvalue weighted by molar-refractivity contribution is -0.116. The molecule has 0 spiro atoms. The number of piperidine rings is 1. The van der Waals surface area contributed by atoms with Gasteiger partial charge in [0.15, 0.2) is 22.6 Å². The maximum atomic E-state index is 11.4. The van der Waals surface area contributed by atoms with Crippen LogP contribution in [0.15, 0.2) is 40.4 Å². The molecule has 2 aromatic heterocycles. The monoisotopic (exact) mass is 452 g/mol. The molecule has 2 N–H and O–H groups in total. The molecule has 32 heavy (non-hydrogen) atoms. The van der Waals surface area contributed by atoms with Crippen molar-refractivity contribution in [1.29, 1.82) is 0 Å². The van der Waals surface area contributed by atoms with Crippen LogP contribution < -0.4 is 15.0 Å². The number of anilines is 3. The molecule has 8 nitrogen and oxygen atoms in total. The van der Waals surface area contributed by atoms with E-state index in [9.17, 15) is 4.79 Å². The second-order valence-corrected chi connectivity index (χ2v) is 8.99. The number of nitrogens with zero attached hydrogens (tertiary/aromatic N) is 4. The van der Waals surface area contributed by atoms with Crippen molar-refractivity contribution in [1.82, 2.24) is 20.2 Å². The van der Waals surface area contributed by atoms with Crippen molar-refractivity contribution in [2.45, 2.75) is 49.6 Å². The normalized spacial score (nSPS) is 13.8. The number of nitrogens with one attached hydrogen (secondary N) is 2. The third kappa shape index (κ3) is 5.40. The summed E-state index contributed by atoms with van der Waals surface area (Å²) in [7, 11) is 1.65. The molecule has 0 bridgehead atoms. The molecule has 0 radical (unpaired) electrons. The fourth-order valence-electron chi connectivity index (χ4n) is 3.73.